The summed E-state index contributed by atoms with van der Waals surface area (Å²) in [5.41, 5.74) is 2.14. The minimum absolute atomic E-state index is 0. The number of carbonyl (C=O) groups is 1. The van der Waals surface area contributed by atoms with Crippen molar-refractivity contribution < 1.29 is 4.79 Å². The molecule has 1 atom stereocenters. The Morgan fingerprint density at radius 3 is 2.67 bits per heavy atom. The lowest BCUT2D eigenvalue weighted by Gasteiger charge is -2.19. The minimum atomic E-state index is 0. The lowest BCUT2D eigenvalue weighted by Crippen LogP contribution is -2.25. The normalized spacial score (nSPS) is 20.6. The van der Waals surface area contributed by atoms with Crippen molar-refractivity contribution in [1.82, 2.24) is 5.32 Å². The van der Waals surface area contributed by atoms with Crippen LogP contribution in [0.3, 0.4) is 0 Å². The second-order valence-corrected chi connectivity index (χ2v) is 5.42. The number of nitrogens with one attached hydrogen (secondary N) is 2. The van der Waals surface area contributed by atoms with E-state index < -0.39 is 0 Å². The van der Waals surface area contributed by atoms with Crippen LogP contribution in [0.1, 0.15) is 19.3 Å². The molecule has 0 spiro atoms. The van der Waals surface area contributed by atoms with E-state index in [1.807, 2.05) is 12.1 Å². The highest BCUT2D eigenvalue weighted by atomic mass is 35.5. The summed E-state index contributed by atoms with van der Waals surface area (Å²) < 4.78 is 0. The van der Waals surface area contributed by atoms with Crippen molar-refractivity contribution in [1.29, 1.82) is 0 Å². The Morgan fingerprint density at radius 2 is 2.00 bits per heavy atom. The first-order chi connectivity index (χ1) is 9.33. The molecule has 2 fully saturated rings. The molecule has 1 unspecified atom stereocenters. The van der Waals surface area contributed by atoms with E-state index in [1.165, 1.54) is 18.5 Å². The van der Waals surface area contributed by atoms with Gasteiger partial charge in [0.15, 0.2) is 0 Å². The highest BCUT2D eigenvalue weighted by Crippen LogP contribution is 2.23. The van der Waals surface area contributed by atoms with Gasteiger partial charge in [-0.2, -0.15) is 0 Å². The van der Waals surface area contributed by atoms with E-state index >= 15 is 0 Å². The zero-order valence-electron chi connectivity index (χ0n) is 12.0. The van der Waals surface area contributed by atoms with Crippen molar-refractivity contribution in [2.75, 3.05) is 36.4 Å². The SMILES string of the molecule is Cl.Cl.O=C(Nc1cccc(N2CCCC2)c1)C1CCNC1. The van der Waals surface area contributed by atoms with E-state index in [9.17, 15) is 4.79 Å². The third-order valence-corrected chi connectivity index (χ3v) is 4.02. The molecule has 2 heterocycles. The van der Waals surface area contributed by atoms with Gasteiger partial charge in [-0.15, -0.1) is 24.8 Å². The largest absolute Gasteiger partial charge is 0.371 e. The topological polar surface area (TPSA) is 44.4 Å². The fraction of sp³-hybridized carbons (Fsp3) is 0.533. The Labute approximate surface area is 138 Å². The first-order valence-corrected chi connectivity index (χ1v) is 7.19. The number of halogens is 2. The van der Waals surface area contributed by atoms with Gasteiger partial charge in [-0.3, -0.25) is 4.79 Å². The van der Waals surface area contributed by atoms with Crippen LogP contribution in [0.2, 0.25) is 0 Å². The van der Waals surface area contributed by atoms with Crippen molar-refractivity contribution in [3.63, 3.8) is 0 Å². The predicted octanol–water partition coefficient (Wildman–Crippen LogP) is 2.68. The summed E-state index contributed by atoms with van der Waals surface area (Å²) in [5, 5.41) is 6.27. The molecular weight excluding hydrogens is 309 g/mol. The third-order valence-electron chi connectivity index (χ3n) is 4.02. The van der Waals surface area contributed by atoms with Crippen LogP contribution >= 0.6 is 24.8 Å². The first kappa shape index (κ1) is 18.1. The molecule has 2 N–H and O–H groups in total. The molecule has 0 saturated carbocycles. The number of hydrogen-bond donors (Lipinski definition) is 2. The zero-order chi connectivity index (χ0) is 13.1. The Balaban J connectivity index is 0.00000110. The number of nitrogens with zero attached hydrogens (tertiary/aromatic N) is 1. The molecule has 1 amide bonds. The van der Waals surface area contributed by atoms with Crippen LogP contribution in [0.4, 0.5) is 11.4 Å². The molecule has 118 valence electrons. The average Bonchev–Trinajstić information content (AvgIpc) is 3.13. The van der Waals surface area contributed by atoms with Gasteiger partial charge in [0.05, 0.1) is 5.92 Å². The molecule has 4 nitrogen and oxygen atoms in total. The Bertz CT molecular complexity index is 458. The summed E-state index contributed by atoms with van der Waals surface area (Å²) in [4.78, 5) is 14.5. The highest BCUT2D eigenvalue weighted by molar-refractivity contribution is 5.93. The van der Waals surface area contributed by atoms with E-state index in [1.54, 1.807) is 0 Å². The second-order valence-electron chi connectivity index (χ2n) is 5.42. The van der Waals surface area contributed by atoms with Gasteiger partial charge in [0.25, 0.3) is 0 Å². The third kappa shape index (κ3) is 4.50. The van der Waals surface area contributed by atoms with Gasteiger partial charge in [0.2, 0.25) is 5.91 Å². The van der Waals surface area contributed by atoms with Gasteiger partial charge in [0, 0.05) is 31.0 Å². The van der Waals surface area contributed by atoms with Crippen molar-refractivity contribution in [2.24, 2.45) is 5.92 Å². The Kier molecular flexibility index (Phi) is 7.29. The predicted molar refractivity (Wildman–Crippen MR) is 92.0 cm³/mol. The van der Waals surface area contributed by atoms with Crippen LogP contribution in [0.15, 0.2) is 24.3 Å². The molecule has 6 heteroatoms. The quantitative estimate of drug-likeness (QED) is 0.894. The number of amides is 1. The van der Waals surface area contributed by atoms with Crippen LogP contribution in [0.25, 0.3) is 0 Å². The molecule has 2 aliphatic heterocycles. The van der Waals surface area contributed by atoms with Crippen LogP contribution in [0.5, 0.6) is 0 Å². The Morgan fingerprint density at radius 1 is 1.24 bits per heavy atom. The molecule has 21 heavy (non-hydrogen) atoms. The summed E-state index contributed by atoms with van der Waals surface area (Å²) in [6.45, 7) is 4.01. The zero-order valence-corrected chi connectivity index (χ0v) is 13.6. The monoisotopic (exact) mass is 331 g/mol. The minimum Gasteiger partial charge on any atom is -0.371 e. The lowest BCUT2D eigenvalue weighted by molar-refractivity contribution is -0.119. The lowest BCUT2D eigenvalue weighted by atomic mass is 10.1. The van der Waals surface area contributed by atoms with Crippen LogP contribution in [0, 0.1) is 5.92 Å². The van der Waals surface area contributed by atoms with Crippen LogP contribution < -0.4 is 15.5 Å². The summed E-state index contributed by atoms with van der Waals surface area (Å²) in [6.07, 6.45) is 3.48. The number of anilines is 2. The first-order valence-electron chi connectivity index (χ1n) is 7.19. The van der Waals surface area contributed by atoms with Gasteiger partial charge in [-0.1, -0.05) is 6.07 Å². The second kappa shape index (κ2) is 8.47. The van der Waals surface area contributed by atoms with Crippen LogP contribution in [-0.4, -0.2) is 32.1 Å². The van der Waals surface area contributed by atoms with Crippen LogP contribution in [-0.2, 0) is 4.79 Å². The van der Waals surface area contributed by atoms with Gasteiger partial charge in [0.1, 0.15) is 0 Å². The molecule has 0 bridgehead atoms. The summed E-state index contributed by atoms with van der Waals surface area (Å²) >= 11 is 0. The van der Waals surface area contributed by atoms with E-state index in [4.69, 9.17) is 0 Å². The van der Waals surface area contributed by atoms with Gasteiger partial charge >= 0.3 is 0 Å². The fourth-order valence-electron chi connectivity index (χ4n) is 2.88. The molecule has 1 aromatic carbocycles. The molecule has 1 aromatic rings. The molecule has 0 aromatic heterocycles. The summed E-state index contributed by atoms with van der Waals surface area (Å²) in [5.74, 6) is 0.263. The molecule has 2 saturated heterocycles. The molecule has 3 rings (SSSR count). The maximum atomic E-state index is 12.1. The standard InChI is InChI=1S/C15H21N3O.2ClH/c19-15(12-6-7-16-11-12)17-13-4-3-5-14(10-13)18-8-1-2-9-18;;/h3-5,10,12,16H,1-2,6-9,11H2,(H,17,19);2*1H. The number of carbonyl (C=O) groups excluding carboxylic acids is 1. The number of hydrogen-bond acceptors (Lipinski definition) is 3. The van der Waals surface area contributed by atoms with Crippen molar-refractivity contribution in [3.05, 3.63) is 24.3 Å². The van der Waals surface area contributed by atoms with Gasteiger partial charge in [-0.05, 0) is 44.0 Å². The van der Waals surface area contributed by atoms with Crippen molar-refractivity contribution in [3.8, 4) is 0 Å². The van der Waals surface area contributed by atoms with E-state index in [0.717, 1.165) is 38.3 Å². The molecule has 2 aliphatic rings. The molecular formula is C15H23Cl2N3O. The summed E-state index contributed by atoms with van der Waals surface area (Å²) in [6, 6.07) is 8.21. The van der Waals surface area contributed by atoms with E-state index in [0.29, 0.717) is 0 Å². The van der Waals surface area contributed by atoms with E-state index in [-0.39, 0.29) is 36.6 Å². The van der Waals surface area contributed by atoms with Gasteiger partial charge in [-0.25, -0.2) is 0 Å². The van der Waals surface area contributed by atoms with Crippen molar-refractivity contribution in [2.45, 2.75) is 19.3 Å². The molecule has 0 radical (unpaired) electrons. The number of rotatable bonds is 3. The maximum absolute atomic E-state index is 12.1. The molecule has 0 aliphatic carbocycles. The summed E-state index contributed by atoms with van der Waals surface area (Å²) in [7, 11) is 0. The van der Waals surface area contributed by atoms with Crippen molar-refractivity contribution >= 4 is 42.1 Å². The average molecular weight is 332 g/mol. The fourth-order valence-corrected chi connectivity index (χ4v) is 2.88. The number of benzene rings is 1. The maximum Gasteiger partial charge on any atom is 0.228 e. The Hall–Kier alpha value is -0.970. The van der Waals surface area contributed by atoms with E-state index in [2.05, 4.69) is 27.7 Å². The highest BCUT2D eigenvalue weighted by Gasteiger charge is 2.22. The van der Waals surface area contributed by atoms with Gasteiger partial charge < -0.3 is 15.5 Å². The smallest absolute Gasteiger partial charge is 0.228 e.